The Hall–Kier alpha value is -6.36. The Morgan fingerprint density at radius 1 is 0.440 bits per heavy atom. The summed E-state index contributed by atoms with van der Waals surface area (Å²) < 4.78 is 87.9. The van der Waals surface area contributed by atoms with Gasteiger partial charge in [0.25, 0.3) is 0 Å². The molecule has 6 aromatic rings. The molecule has 3 fully saturated rings. The summed E-state index contributed by atoms with van der Waals surface area (Å²) in [7, 11) is 0. The summed E-state index contributed by atoms with van der Waals surface area (Å²) in [6, 6.07) is 8.61. The number of hydrogen-bond donors (Lipinski definition) is 3. The summed E-state index contributed by atoms with van der Waals surface area (Å²) in [6.07, 6.45) is 13.5. The fourth-order valence-electron chi connectivity index (χ4n) is 10.1. The second-order valence-corrected chi connectivity index (χ2v) is 19.8. The Kier molecular flexibility index (Phi) is 18.4. The van der Waals surface area contributed by atoms with Crippen molar-refractivity contribution in [1.82, 2.24) is 59.0 Å². The predicted octanol–water partition coefficient (Wildman–Crippen LogP) is 7.45. The van der Waals surface area contributed by atoms with Crippen molar-refractivity contribution in [3.05, 3.63) is 181 Å². The number of likely N-dealkylation sites (tertiary alicyclic amines) is 3. The number of piperidine rings is 3. The van der Waals surface area contributed by atoms with E-state index in [4.69, 9.17) is 0 Å². The number of benzene rings is 3. The Bertz CT molecular complexity index is 2520. The van der Waals surface area contributed by atoms with Crippen molar-refractivity contribution in [3.8, 4) is 0 Å². The molecule has 3 aromatic carbocycles. The minimum absolute atomic E-state index is 0.0220. The predicted molar refractivity (Wildman–Crippen MR) is 269 cm³/mol. The minimum Gasteiger partial charge on any atom is -0.381 e. The van der Waals surface area contributed by atoms with Crippen LogP contribution in [0.3, 0.4) is 0 Å². The molecule has 0 spiro atoms. The van der Waals surface area contributed by atoms with Gasteiger partial charge in [-0.05, 0) is 77.5 Å². The molecule has 3 aliphatic heterocycles. The van der Waals surface area contributed by atoms with Crippen molar-refractivity contribution >= 4 is 0 Å². The molecule has 6 atom stereocenters. The standard InChI is InChI=1S/3C18H22F2N4O/c3*1-13-5-7-23(8-6-13)14(2)18(25,10-24-12-21-11-22-24)16-4-3-15(19)9-17(16)20/h3*3-4,9,11-12,14,25H,1,5-8,10H2,2H3/t2*14-,18+;14-,18-/m100/s1. The molecule has 9 rings (SSSR count). The molecule has 6 heterocycles. The number of aliphatic hydroxyl groups is 3. The first-order valence-electron chi connectivity index (χ1n) is 24.9. The van der Waals surface area contributed by atoms with Gasteiger partial charge in [0.1, 0.15) is 89.7 Å². The highest BCUT2D eigenvalue weighted by Gasteiger charge is 2.45. The van der Waals surface area contributed by atoms with Gasteiger partial charge in [-0.3, -0.25) is 14.7 Å². The smallest absolute Gasteiger partial charge is 0.137 e. The zero-order valence-corrected chi connectivity index (χ0v) is 42.6. The molecule has 3 aromatic heterocycles. The lowest BCUT2D eigenvalue weighted by molar-refractivity contribution is -0.0658. The maximum Gasteiger partial charge on any atom is 0.137 e. The highest BCUT2D eigenvalue weighted by molar-refractivity contribution is 5.30. The molecule has 3 N–H and O–H groups in total. The van der Waals surface area contributed by atoms with Gasteiger partial charge in [-0.25, -0.2) is 55.3 Å². The normalized spacial score (nSPS) is 19.6. The molecule has 0 saturated carbocycles. The van der Waals surface area contributed by atoms with Crippen LogP contribution in [0.2, 0.25) is 0 Å². The van der Waals surface area contributed by atoms with Crippen molar-refractivity contribution < 1.29 is 41.7 Å². The molecular weight excluding hydrogens is 979 g/mol. The van der Waals surface area contributed by atoms with Crippen molar-refractivity contribution in [2.24, 2.45) is 0 Å². The number of hydrogen-bond acceptors (Lipinski definition) is 12. The van der Waals surface area contributed by atoms with Crippen LogP contribution >= 0.6 is 0 Å². The second-order valence-electron chi connectivity index (χ2n) is 19.8. The van der Waals surface area contributed by atoms with Crippen LogP contribution in [-0.4, -0.2) is 132 Å². The monoisotopic (exact) mass is 1040 g/mol. The minimum atomic E-state index is -1.58. The van der Waals surface area contributed by atoms with Gasteiger partial charge in [0.05, 0.1) is 19.6 Å². The van der Waals surface area contributed by atoms with Gasteiger partial charge in [0, 0.05) is 92.3 Å². The molecule has 75 heavy (non-hydrogen) atoms. The quantitative estimate of drug-likeness (QED) is 0.0689. The van der Waals surface area contributed by atoms with Crippen LogP contribution in [0.15, 0.2) is 129 Å². The van der Waals surface area contributed by atoms with E-state index in [1.54, 1.807) is 0 Å². The fraction of sp³-hybridized carbons (Fsp3) is 0.444. The number of rotatable bonds is 15. The van der Waals surface area contributed by atoms with Gasteiger partial charge >= 0.3 is 0 Å². The van der Waals surface area contributed by atoms with Crippen LogP contribution in [0.5, 0.6) is 0 Å². The Labute approximate surface area is 433 Å². The van der Waals surface area contributed by atoms with Crippen LogP contribution < -0.4 is 0 Å². The molecule has 21 heteroatoms. The van der Waals surface area contributed by atoms with Crippen molar-refractivity contribution in [3.63, 3.8) is 0 Å². The van der Waals surface area contributed by atoms with E-state index in [0.29, 0.717) is 0 Å². The number of aromatic nitrogens is 9. The molecule has 3 aliphatic rings. The first-order valence-corrected chi connectivity index (χ1v) is 24.9. The van der Waals surface area contributed by atoms with Crippen LogP contribution in [-0.2, 0) is 36.4 Å². The van der Waals surface area contributed by atoms with Gasteiger partial charge in [-0.1, -0.05) is 54.7 Å². The highest BCUT2D eigenvalue weighted by atomic mass is 19.2. The van der Waals surface area contributed by atoms with Crippen molar-refractivity contribution in [2.45, 2.75) is 114 Å². The first kappa shape index (κ1) is 56.4. The molecule has 0 radical (unpaired) electrons. The molecule has 0 aliphatic carbocycles. The fourth-order valence-corrected chi connectivity index (χ4v) is 10.1. The van der Waals surface area contributed by atoms with E-state index < -0.39 is 69.8 Å². The molecule has 3 saturated heterocycles. The van der Waals surface area contributed by atoms with E-state index >= 15 is 0 Å². The maximum atomic E-state index is 14.5. The summed E-state index contributed by atoms with van der Waals surface area (Å²) in [5.41, 5.74) is -1.04. The van der Waals surface area contributed by atoms with Crippen LogP contribution in [0.25, 0.3) is 0 Å². The summed E-state index contributed by atoms with van der Waals surface area (Å²) in [4.78, 5) is 18.0. The van der Waals surface area contributed by atoms with E-state index in [0.717, 1.165) is 114 Å². The number of nitrogens with zero attached hydrogens (tertiary/aromatic N) is 12. The lowest BCUT2D eigenvalue weighted by atomic mass is 9.84. The third-order valence-corrected chi connectivity index (χ3v) is 15.0. The summed E-state index contributed by atoms with van der Waals surface area (Å²) in [5.74, 6) is -4.33. The zero-order valence-electron chi connectivity index (χ0n) is 42.6. The van der Waals surface area contributed by atoms with Crippen LogP contribution in [0.1, 0.15) is 76.0 Å². The van der Waals surface area contributed by atoms with E-state index in [1.807, 2.05) is 20.8 Å². The second kappa shape index (κ2) is 24.5. The molecule has 0 bridgehead atoms. The third-order valence-electron chi connectivity index (χ3n) is 15.0. The third kappa shape index (κ3) is 13.6. The van der Waals surface area contributed by atoms with Gasteiger partial charge in [-0.15, -0.1) is 0 Å². The molecule has 402 valence electrons. The zero-order chi connectivity index (χ0) is 54.1. The van der Waals surface area contributed by atoms with E-state index in [1.165, 1.54) is 86.9 Å². The van der Waals surface area contributed by atoms with Gasteiger partial charge in [-0.2, -0.15) is 15.3 Å². The van der Waals surface area contributed by atoms with E-state index in [2.05, 4.69) is 64.7 Å². The Balaban J connectivity index is 0.000000164. The van der Waals surface area contributed by atoms with Crippen molar-refractivity contribution in [1.29, 1.82) is 0 Å². The van der Waals surface area contributed by atoms with Gasteiger partial charge in [0.2, 0.25) is 0 Å². The first-order chi connectivity index (χ1) is 35.7. The van der Waals surface area contributed by atoms with Crippen LogP contribution in [0, 0.1) is 34.9 Å². The molecular formula is C54H66F6N12O3. The average Bonchev–Trinajstić information content (AvgIpc) is 4.21. The Morgan fingerprint density at radius 2 is 0.680 bits per heavy atom. The molecule has 0 unspecified atom stereocenters. The van der Waals surface area contributed by atoms with E-state index in [9.17, 15) is 41.7 Å². The number of halogens is 6. The summed E-state index contributed by atoms with van der Waals surface area (Å²) >= 11 is 0. The van der Waals surface area contributed by atoms with Gasteiger partial charge in [0.15, 0.2) is 0 Å². The lowest BCUT2D eigenvalue weighted by Gasteiger charge is -2.43. The highest BCUT2D eigenvalue weighted by Crippen LogP contribution is 2.37. The summed E-state index contributed by atoms with van der Waals surface area (Å²) in [5, 5.41) is 46.6. The van der Waals surface area contributed by atoms with E-state index in [-0.39, 0.29) is 36.3 Å². The maximum absolute atomic E-state index is 14.5. The average molecular weight is 1050 g/mol. The SMILES string of the molecule is C=C1CCN([C@@H](C)[C@@](O)(Cn2cncn2)c2ccc(F)cc2F)CC1.C=C1CCN([C@@H](C)[C@](O)(Cn2cncn2)c2ccc(F)cc2F)CC1.C=C1CCN([C@H](C)[C@@](O)(Cn2cncn2)c2ccc(F)cc2F)CC1. The topological polar surface area (TPSA) is 163 Å². The molecule has 0 amide bonds. The molecule has 15 nitrogen and oxygen atoms in total. The lowest BCUT2D eigenvalue weighted by Crippen LogP contribution is -2.53. The Morgan fingerprint density at radius 3 is 0.880 bits per heavy atom. The summed E-state index contributed by atoms with van der Waals surface area (Å²) in [6.45, 7) is 22.1. The largest absolute Gasteiger partial charge is 0.381 e. The van der Waals surface area contributed by atoms with Crippen molar-refractivity contribution in [2.75, 3.05) is 39.3 Å². The van der Waals surface area contributed by atoms with Crippen LogP contribution in [0.4, 0.5) is 26.3 Å². The van der Waals surface area contributed by atoms with Gasteiger partial charge < -0.3 is 15.3 Å².